The molecule has 1 aromatic carbocycles. The number of Topliss-reactive ketones (excluding diaryl/α,β-unsaturated/α-hetero) is 1. The van der Waals surface area contributed by atoms with E-state index >= 15 is 0 Å². The molecule has 8 heteroatoms. The van der Waals surface area contributed by atoms with Crippen LogP contribution in [0.4, 0.5) is 11.8 Å². The van der Waals surface area contributed by atoms with Gasteiger partial charge in [0.1, 0.15) is 11.4 Å². The third kappa shape index (κ3) is 3.73. The Balaban J connectivity index is 2.08. The summed E-state index contributed by atoms with van der Waals surface area (Å²) in [4.78, 5) is 41.1. The third-order valence-electron chi connectivity index (χ3n) is 3.26. The van der Waals surface area contributed by atoms with Gasteiger partial charge in [0.2, 0.25) is 5.95 Å². The Kier molecular flexibility index (Phi) is 4.75. The van der Waals surface area contributed by atoms with E-state index in [1.54, 1.807) is 24.3 Å². The highest BCUT2D eigenvalue weighted by molar-refractivity contribution is 5.99. The first-order chi connectivity index (χ1) is 10.9. The molecule has 0 amide bonds. The second kappa shape index (κ2) is 6.73. The molecule has 0 radical (unpaired) electrons. The second-order valence-electron chi connectivity index (χ2n) is 4.82. The van der Waals surface area contributed by atoms with Gasteiger partial charge in [-0.15, -0.1) is 0 Å². The molecule has 0 unspecified atom stereocenters. The number of ether oxygens (including phenoxy) is 1. The number of aromatic nitrogens is 2. The number of nitrogens with one attached hydrogen (secondary N) is 1. The van der Waals surface area contributed by atoms with Crippen molar-refractivity contribution in [3.63, 3.8) is 0 Å². The average molecular weight is 316 g/mol. The van der Waals surface area contributed by atoms with Crippen LogP contribution in [0.1, 0.15) is 32.7 Å². The van der Waals surface area contributed by atoms with E-state index in [2.05, 4.69) is 14.7 Å². The summed E-state index contributed by atoms with van der Waals surface area (Å²) in [6, 6.07) is 6.65. The van der Waals surface area contributed by atoms with Gasteiger partial charge in [-0.05, 0) is 24.1 Å². The maximum Gasteiger partial charge on any atom is 0.337 e. The van der Waals surface area contributed by atoms with Crippen LogP contribution in [-0.4, -0.2) is 28.8 Å². The number of nitrogens with two attached hydrogens (primary N) is 2. The number of benzene rings is 1. The van der Waals surface area contributed by atoms with Gasteiger partial charge in [0.25, 0.3) is 5.56 Å². The molecule has 2 aromatic rings. The molecule has 0 fully saturated rings. The summed E-state index contributed by atoms with van der Waals surface area (Å²) in [6.45, 7) is 0. The van der Waals surface area contributed by atoms with E-state index in [1.165, 1.54) is 7.11 Å². The topological polar surface area (TPSA) is 141 Å². The van der Waals surface area contributed by atoms with Crippen LogP contribution in [0, 0.1) is 0 Å². The quantitative estimate of drug-likeness (QED) is 0.539. The van der Waals surface area contributed by atoms with Gasteiger partial charge < -0.3 is 16.2 Å². The molecule has 1 heterocycles. The van der Waals surface area contributed by atoms with E-state index in [0.717, 1.165) is 5.56 Å². The van der Waals surface area contributed by atoms with E-state index < -0.39 is 17.3 Å². The molecule has 0 spiro atoms. The van der Waals surface area contributed by atoms with Gasteiger partial charge in [-0.3, -0.25) is 14.6 Å². The Morgan fingerprint density at radius 2 is 1.87 bits per heavy atom. The van der Waals surface area contributed by atoms with Crippen LogP contribution in [0.15, 0.2) is 29.1 Å². The fraction of sp³-hybridized carbons (Fsp3) is 0.200. The number of hydrogen-bond acceptors (Lipinski definition) is 7. The van der Waals surface area contributed by atoms with Crippen LogP contribution in [0.5, 0.6) is 0 Å². The zero-order valence-electron chi connectivity index (χ0n) is 12.5. The van der Waals surface area contributed by atoms with Crippen molar-refractivity contribution in [2.24, 2.45) is 0 Å². The highest BCUT2D eigenvalue weighted by Gasteiger charge is 2.16. The third-order valence-corrected chi connectivity index (χ3v) is 3.26. The van der Waals surface area contributed by atoms with Crippen molar-refractivity contribution in [1.29, 1.82) is 0 Å². The van der Waals surface area contributed by atoms with Crippen molar-refractivity contribution in [2.75, 3.05) is 18.6 Å². The molecule has 0 bridgehead atoms. The van der Waals surface area contributed by atoms with Crippen LogP contribution in [-0.2, 0) is 11.2 Å². The van der Waals surface area contributed by atoms with Crippen molar-refractivity contribution in [3.05, 3.63) is 51.3 Å². The SMILES string of the molecule is COC(=O)c1ccc(CCC(=O)c2c(N)nc(N)[nH]c2=O)cc1. The summed E-state index contributed by atoms with van der Waals surface area (Å²) in [5.41, 5.74) is 11.3. The number of rotatable bonds is 5. The Morgan fingerprint density at radius 3 is 2.43 bits per heavy atom. The van der Waals surface area contributed by atoms with Gasteiger partial charge >= 0.3 is 5.97 Å². The normalized spacial score (nSPS) is 10.3. The molecular weight excluding hydrogens is 300 g/mol. The fourth-order valence-electron chi connectivity index (χ4n) is 2.09. The lowest BCUT2D eigenvalue weighted by Gasteiger charge is -2.05. The summed E-state index contributed by atoms with van der Waals surface area (Å²) < 4.78 is 4.61. The zero-order chi connectivity index (χ0) is 17.0. The van der Waals surface area contributed by atoms with Crippen LogP contribution < -0.4 is 17.0 Å². The smallest absolute Gasteiger partial charge is 0.337 e. The number of esters is 1. The van der Waals surface area contributed by atoms with Crippen molar-refractivity contribution in [1.82, 2.24) is 9.97 Å². The molecule has 1 aromatic heterocycles. The summed E-state index contributed by atoms with van der Waals surface area (Å²) in [7, 11) is 1.30. The van der Waals surface area contributed by atoms with Gasteiger partial charge in [0, 0.05) is 6.42 Å². The molecule has 8 nitrogen and oxygen atoms in total. The van der Waals surface area contributed by atoms with E-state index in [1.807, 2.05) is 0 Å². The number of aryl methyl sites for hydroxylation is 1. The highest BCUT2D eigenvalue weighted by atomic mass is 16.5. The number of ketones is 1. The maximum absolute atomic E-state index is 12.1. The summed E-state index contributed by atoms with van der Waals surface area (Å²) in [6.07, 6.45) is 0.472. The molecule has 2 rings (SSSR count). The van der Waals surface area contributed by atoms with Crippen LogP contribution >= 0.6 is 0 Å². The van der Waals surface area contributed by atoms with Gasteiger partial charge in [-0.25, -0.2) is 4.79 Å². The largest absolute Gasteiger partial charge is 0.465 e. The average Bonchev–Trinajstić information content (AvgIpc) is 2.51. The zero-order valence-corrected chi connectivity index (χ0v) is 12.5. The number of carbonyl (C=O) groups is 2. The van der Waals surface area contributed by atoms with Crippen molar-refractivity contribution in [3.8, 4) is 0 Å². The van der Waals surface area contributed by atoms with Gasteiger partial charge in [-0.1, -0.05) is 12.1 Å². The van der Waals surface area contributed by atoms with Gasteiger partial charge in [0.15, 0.2) is 5.78 Å². The van der Waals surface area contributed by atoms with E-state index in [0.29, 0.717) is 12.0 Å². The van der Waals surface area contributed by atoms with Crippen molar-refractivity contribution >= 4 is 23.5 Å². The second-order valence-corrected chi connectivity index (χ2v) is 4.82. The van der Waals surface area contributed by atoms with Crippen LogP contribution in [0.2, 0.25) is 0 Å². The lowest BCUT2D eigenvalue weighted by molar-refractivity contribution is 0.0600. The molecule has 0 aliphatic rings. The number of aromatic amines is 1. The number of H-pyrrole nitrogens is 1. The minimum atomic E-state index is -0.652. The number of nitrogen functional groups attached to an aromatic ring is 2. The Bertz CT molecular complexity index is 796. The van der Waals surface area contributed by atoms with Crippen LogP contribution in [0.25, 0.3) is 0 Å². The van der Waals surface area contributed by atoms with E-state index in [4.69, 9.17) is 11.5 Å². The molecular formula is C15H16N4O4. The monoisotopic (exact) mass is 316 g/mol. The van der Waals surface area contributed by atoms with E-state index in [-0.39, 0.29) is 23.8 Å². The van der Waals surface area contributed by atoms with Gasteiger partial charge in [-0.2, -0.15) is 4.98 Å². The van der Waals surface area contributed by atoms with Crippen LogP contribution in [0.3, 0.4) is 0 Å². The first-order valence-corrected chi connectivity index (χ1v) is 6.78. The molecule has 5 N–H and O–H groups in total. The Morgan fingerprint density at radius 1 is 1.22 bits per heavy atom. The lowest BCUT2D eigenvalue weighted by Crippen LogP contribution is -2.23. The fourth-order valence-corrected chi connectivity index (χ4v) is 2.09. The lowest BCUT2D eigenvalue weighted by atomic mass is 10.0. The number of methoxy groups -OCH3 is 1. The standard InChI is InChI=1S/C15H16N4O4/c1-23-14(22)9-5-2-8(3-6-9)4-7-10(20)11-12(16)18-15(17)19-13(11)21/h2-3,5-6H,4,7H2,1H3,(H5,16,17,18,19,21). The van der Waals surface area contributed by atoms with E-state index in [9.17, 15) is 14.4 Å². The molecule has 0 aliphatic heterocycles. The molecule has 0 saturated carbocycles. The minimum absolute atomic E-state index is 0.0798. The maximum atomic E-state index is 12.1. The molecule has 0 aliphatic carbocycles. The molecule has 120 valence electrons. The number of carbonyl (C=O) groups excluding carboxylic acids is 2. The summed E-state index contributed by atoms with van der Waals surface area (Å²) in [5, 5.41) is 0. The minimum Gasteiger partial charge on any atom is -0.465 e. The molecule has 0 saturated heterocycles. The first kappa shape index (κ1) is 16.2. The Hall–Kier alpha value is -3.16. The summed E-state index contributed by atoms with van der Waals surface area (Å²) in [5.74, 6) is -1.17. The first-order valence-electron chi connectivity index (χ1n) is 6.78. The summed E-state index contributed by atoms with van der Waals surface area (Å²) >= 11 is 0. The van der Waals surface area contributed by atoms with Crippen molar-refractivity contribution < 1.29 is 14.3 Å². The predicted octanol–water partition coefficient (Wildman–Crippen LogP) is 0.536. The number of nitrogens with zero attached hydrogens (tertiary/aromatic N) is 1. The number of hydrogen-bond donors (Lipinski definition) is 3. The Labute approximate surface area is 131 Å². The number of anilines is 2. The highest BCUT2D eigenvalue weighted by Crippen LogP contribution is 2.12. The van der Waals surface area contributed by atoms with Crippen molar-refractivity contribution in [2.45, 2.75) is 12.8 Å². The predicted molar refractivity (Wildman–Crippen MR) is 84.1 cm³/mol. The molecule has 23 heavy (non-hydrogen) atoms. The van der Waals surface area contributed by atoms with Gasteiger partial charge in [0.05, 0.1) is 12.7 Å². The molecule has 0 atom stereocenters.